The average Bonchev–Trinajstić information content (AvgIpc) is 2.98. The van der Waals surface area contributed by atoms with Gasteiger partial charge < -0.3 is 9.84 Å². The van der Waals surface area contributed by atoms with Gasteiger partial charge in [-0.05, 0) is 38.9 Å². The summed E-state index contributed by atoms with van der Waals surface area (Å²) in [6.45, 7) is 6.35. The maximum absolute atomic E-state index is 5.30. The Kier molecular flexibility index (Phi) is 5.13. The summed E-state index contributed by atoms with van der Waals surface area (Å²) in [5.74, 6) is 2.39. The van der Waals surface area contributed by atoms with Crippen molar-refractivity contribution in [1.29, 1.82) is 0 Å². The van der Waals surface area contributed by atoms with Crippen LogP contribution in [0.1, 0.15) is 37.9 Å². The molecule has 1 saturated heterocycles. The SMILES string of the molecule is CCCCc1noc(CN2CCC(CNC)C2)n1. The normalized spacial score (nSPS) is 20.7. The third kappa shape index (κ3) is 3.78. The number of hydrogen-bond donors (Lipinski definition) is 1. The summed E-state index contributed by atoms with van der Waals surface area (Å²) in [5.41, 5.74) is 0. The lowest BCUT2D eigenvalue weighted by Gasteiger charge is -2.12. The van der Waals surface area contributed by atoms with Crippen LogP contribution in [-0.4, -0.2) is 41.7 Å². The van der Waals surface area contributed by atoms with Crippen LogP contribution in [0.4, 0.5) is 0 Å². The van der Waals surface area contributed by atoms with Crippen LogP contribution in [0, 0.1) is 5.92 Å². The molecule has 0 radical (unpaired) electrons. The summed E-state index contributed by atoms with van der Waals surface area (Å²) < 4.78 is 5.30. The fourth-order valence-electron chi connectivity index (χ4n) is 2.49. The molecule has 1 aromatic rings. The molecule has 1 aliphatic heterocycles. The molecule has 18 heavy (non-hydrogen) atoms. The Labute approximate surface area is 109 Å². The van der Waals surface area contributed by atoms with Gasteiger partial charge in [0, 0.05) is 13.0 Å². The van der Waals surface area contributed by atoms with Crippen LogP contribution in [0.3, 0.4) is 0 Å². The van der Waals surface area contributed by atoms with Gasteiger partial charge in [-0.3, -0.25) is 4.90 Å². The van der Waals surface area contributed by atoms with E-state index < -0.39 is 0 Å². The van der Waals surface area contributed by atoms with Crippen molar-refractivity contribution >= 4 is 0 Å². The molecule has 2 rings (SSSR count). The monoisotopic (exact) mass is 252 g/mol. The van der Waals surface area contributed by atoms with Gasteiger partial charge in [-0.25, -0.2) is 0 Å². The summed E-state index contributed by atoms with van der Waals surface area (Å²) in [6, 6.07) is 0. The number of hydrogen-bond acceptors (Lipinski definition) is 5. The number of rotatable bonds is 7. The van der Waals surface area contributed by atoms with Gasteiger partial charge in [-0.2, -0.15) is 4.98 Å². The average molecular weight is 252 g/mol. The fourth-order valence-corrected chi connectivity index (χ4v) is 2.49. The molecule has 0 bridgehead atoms. The van der Waals surface area contributed by atoms with Gasteiger partial charge in [-0.15, -0.1) is 0 Å². The molecule has 5 nitrogen and oxygen atoms in total. The predicted molar refractivity (Wildman–Crippen MR) is 70.2 cm³/mol. The summed E-state index contributed by atoms with van der Waals surface area (Å²) >= 11 is 0. The van der Waals surface area contributed by atoms with Crippen LogP contribution in [0.2, 0.25) is 0 Å². The lowest BCUT2D eigenvalue weighted by molar-refractivity contribution is 0.259. The summed E-state index contributed by atoms with van der Waals surface area (Å²) in [7, 11) is 2.01. The zero-order chi connectivity index (χ0) is 12.8. The lowest BCUT2D eigenvalue weighted by atomic mass is 10.1. The van der Waals surface area contributed by atoms with Crippen molar-refractivity contribution in [3.63, 3.8) is 0 Å². The van der Waals surface area contributed by atoms with Crippen LogP contribution in [0.25, 0.3) is 0 Å². The minimum atomic E-state index is 0.762. The molecule has 1 unspecified atom stereocenters. The quantitative estimate of drug-likeness (QED) is 0.796. The van der Waals surface area contributed by atoms with E-state index in [4.69, 9.17) is 4.52 Å². The van der Waals surface area contributed by atoms with Gasteiger partial charge >= 0.3 is 0 Å². The molecule has 0 aromatic carbocycles. The van der Waals surface area contributed by atoms with Crippen LogP contribution < -0.4 is 5.32 Å². The minimum Gasteiger partial charge on any atom is -0.338 e. The van der Waals surface area contributed by atoms with E-state index in [1.54, 1.807) is 0 Å². The minimum absolute atomic E-state index is 0.762. The van der Waals surface area contributed by atoms with Crippen LogP contribution in [0.15, 0.2) is 4.52 Å². The first kappa shape index (κ1) is 13.5. The Morgan fingerprint density at radius 3 is 3.17 bits per heavy atom. The maximum Gasteiger partial charge on any atom is 0.240 e. The zero-order valence-corrected chi connectivity index (χ0v) is 11.5. The van der Waals surface area contributed by atoms with E-state index in [0.29, 0.717) is 0 Å². The number of nitrogens with one attached hydrogen (secondary N) is 1. The lowest BCUT2D eigenvalue weighted by Crippen LogP contribution is -2.24. The van der Waals surface area contributed by atoms with Crippen LogP contribution >= 0.6 is 0 Å². The summed E-state index contributed by atoms with van der Waals surface area (Å²) in [6.07, 6.45) is 4.49. The highest BCUT2D eigenvalue weighted by Gasteiger charge is 2.23. The molecule has 102 valence electrons. The molecule has 0 aliphatic carbocycles. The topological polar surface area (TPSA) is 54.2 Å². The van der Waals surface area contributed by atoms with Gasteiger partial charge in [0.25, 0.3) is 0 Å². The first-order valence-corrected chi connectivity index (χ1v) is 7.00. The van der Waals surface area contributed by atoms with Gasteiger partial charge in [0.05, 0.1) is 6.54 Å². The van der Waals surface area contributed by atoms with Gasteiger partial charge in [0.1, 0.15) is 0 Å². The van der Waals surface area contributed by atoms with E-state index in [0.717, 1.165) is 56.7 Å². The third-order valence-electron chi connectivity index (χ3n) is 3.49. The largest absolute Gasteiger partial charge is 0.338 e. The Hall–Kier alpha value is -0.940. The van der Waals surface area contributed by atoms with Crippen molar-refractivity contribution in [2.24, 2.45) is 5.92 Å². The first-order chi connectivity index (χ1) is 8.81. The molecule has 2 heterocycles. The molecule has 1 aliphatic rings. The number of aryl methyl sites for hydroxylation is 1. The fraction of sp³-hybridized carbons (Fsp3) is 0.846. The molecule has 0 spiro atoms. The maximum atomic E-state index is 5.30. The molecular formula is C13H24N4O. The van der Waals surface area contributed by atoms with E-state index in [1.165, 1.54) is 12.8 Å². The molecule has 5 heteroatoms. The number of likely N-dealkylation sites (tertiary alicyclic amines) is 1. The highest BCUT2D eigenvalue weighted by Crippen LogP contribution is 2.17. The second-order valence-electron chi connectivity index (χ2n) is 5.16. The van der Waals surface area contributed by atoms with Gasteiger partial charge in [-0.1, -0.05) is 18.5 Å². The molecule has 0 saturated carbocycles. The molecule has 0 amide bonds. The van der Waals surface area contributed by atoms with Crippen molar-refractivity contribution in [2.45, 2.75) is 39.2 Å². The predicted octanol–water partition coefficient (Wildman–Crippen LogP) is 1.45. The molecule has 1 fully saturated rings. The molecule has 1 aromatic heterocycles. The van der Waals surface area contributed by atoms with Crippen molar-refractivity contribution in [3.8, 4) is 0 Å². The second kappa shape index (κ2) is 6.85. The van der Waals surface area contributed by atoms with E-state index in [2.05, 4.69) is 27.3 Å². The summed E-state index contributed by atoms with van der Waals surface area (Å²) in [5, 5.41) is 7.27. The van der Waals surface area contributed by atoms with Gasteiger partial charge in [0.15, 0.2) is 5.82 Å². The zero-order valence-electron chi connectivity index (χ0n) is 11.5. The van der Waals surface area contributed by atoms with Gasteiger partial charge in [0.2, 0.25) is 5.89 Å². The number of nitrogens with zero attached hydrogens (tertiary/aromatic N) is 3. The van der Waals surface area contributed by atoms with E-state index >= 15 is 0 Å². The highest BCUT2D eigenvalue weighted by atomic mass is 16.5. The summed E-state index contributed by atoms with van der Waals surface area (Å²) in [4.78, 5) is 6.85. The Morgan fingerprint density at radius 1 is 1.50 bits per heavy atom. The van der Waals surface area contributed by atoms with Crippen molar-refractivity contribution in [3.05, 3.63) is 11.7 Å². The third-order valence-corrected chi connectivity index (χ3v) is 3.49. The van der Waals surface area contributed by atoms with E-state index in [-0.39, 0.29) is 0 Å². The number of unbranched alkanes of at least 4 members (excludes halogenated alkanes) is 1. The van der Waals surface area contributed by atoms with Crippen molar-refractivity contribution in [1.82, 2.24) is 20.4 Å². The van der Waals surface area contributed by atoms with E-state index in [1.807, 2.05) is 7.05 Å². The van der Waals surface area contributed by atoms with E-state index in [9.17, 15) is 0 Å². The standard InChI is InChI=1S/C13H24N4O/c1-3-4-5-12-15-13(18-16-12)10-17-7-6-11(9-17)8-14-2/h11,14H,3-10H2,1-2H3. The second-order valence-corrected chi connectivity index (χ2v) is 5.16. The van der Waals surface area contributed by atoms with Crippen LogP contribution in [0.5, 0.6) is 0 Å². The highest BCUT2D eigenvalue weighted by molar-refractivity contribution is 4.88. The molecular weight excluding hydrogens is 228 g/mol. The molecule has 1 N–H and O–H groups in total. The van der Waals surface area contributed by atoms with Crippen molar-refractivity contribution in [2.75, 3.05) is 26.7 Å². The van der Waals surface area contributed by atoms with Crippen molar-refractivity contribution < 1.29 is 4.52 Å². The number of aromatic nitrogens is 2. The molecule has 1 atom stereocenters. The Balaban J connectivity index is 1.77. The first-order valence-electron chi connectivity index (χ1n) is 7.00. The Bertz CT molecular complexity index is 353. The Morgan fingerprint density at radius 2 is 2.39 bits per heavy atom. The smallest absolute Gasteiger partial charge is 0.240 e. The van der Waals surface area contributed by atoms with Crippen LogP contribution in [-0.2, 0) is 13.0 Å².